The Balaban J connectivity index is 4.39. The van der Waals surface area contributed by atoms with E-state index in [1.807, 2.05) is 51.5 Å². The van der Waals surface area contributed by atoms with Crippen LogP contribution in [0.25, 0.3) is 0 Å². The Kier molecular flexibility index (Phi) is 36.2. The zero-order valence-electron chi connectivity index (χ0n) is 35.9. The van der Waals surface area contributed by atoms with E-state index in [1.54, 1.807) is 0 Å². The van der Waals surface area contributed by atoms with Crippen molar-refractivity contribution in [2.45, 2.75) is 180 Å². The van der Waals surface area contributed by atoms with Gasteiger partial charge in [-0.2, -0.15) is 0 Å². The molecular formula is C45H83NO8P+. The first-order chi connectivity index (χ1) is 26.5. The van der Waals surface area contributed by atoms with Crippen molar-refractivity contribution in [1.82, 2.24) is 0 Å². The Hall–Kier alpha value is -2.03. The van der Waals surface area contributed by atoms with E-state index in [0.29, 0.717) is 23.9 Å². The Morgan fingerprint density at radius 3 is 1.55 bits per heavy atom. The summed E-state index contributed by atoms with van der Waals surface area (Å²) in [5, 5.41) is 0. The second-order valence-corrected chi connectivity index (χ2v) is 17.3. The molecule has 0 saturated carbocycles. The molecule has 0 amide bonds. The molecule has 0 fully saturated rings. The SMILES string of the molecule is CC/C=C/C=C/C=C/C=C/CCCCCCCC(=O)OC[C@H](COP(=O)(O)OCC[N+](C)(C)C)OC(=O)CCCCCCCCCCCCCCCCCC. The fraction of sp³-hybridized carbons (Fsp3) is 0.778. The number of allylic oxidation sites excluding steroid dienone is 8. The number of carbonyl (C=O) groups is 2. The zero-order valence-corrected chi connectivity index (χ0v) is 36.8. The Morgan fingerprint density at radius 2 is 1.04 bits per heavy atom. The number of phosphoric ester groups is 1. The number of nitrogens with zero attached hydrogens (tertiary/aromatic N) is 1. The van der Waals surface area contributed by atoms with Crippen molar-refractivity contribution in [2.24, 2.45) is 0 Å². The van der Waals surface area contributed by atoms with Gasteiger partial charge in [-0.25, -0.2) is 4.57 Å². The van der Waals surface area contributed by atoms with Crippen LogP contribution in [0.1, 0.15) is 174 Å². The molecule has 0 saturated heterocycles. The van der Waals surface area contributed by atoms with Gasteiger partial charge < -0.3 is 18.9 Å². The summed E-state index contributed by atoms with van der Waals surface area (Å²) < 4.78 is 34.3. The van der Waals surface area contributed by atoms with E-state index >= 15 is 0 Å². The number of carbonyl (C=O) groups excluding carboxylic acids is 2. The summed E-state index contributed by atoms with van der Waals surface area (Å²) in [5.74, 6) is -0.824. The third-order valence-electron chi connectivity index (χ3n) is 9.22. The van der Waals surface area contributed by atoms with Gasteiger partial charge in [0.05, 0.1) is 27.7 Å². The number of unbranched alkanes of at least 4 members (excludes halogenated alkanes) is 20. The summed E-state index contributed by atoms with van der Waals surface area (Å²) in [6, 6.07) is 0. The van der Waals surface area contributed by atoms with Crippen LogP contribution in [-0.2, 0) is 32.7 Å². The van der Waals surface area contributed by atoms with Gasteiger partial charge in [0.25, 0.3) is 0 Å². The molecule has 1 unspecified atom stereocenters. The highest BCUT2D eigenvalue weighted by molar-refractivity contribution is 7.47. The lowest BCUT2D eigenvalue weighted by Crippen LogP contribution is -2.37. The second-order valence-electron chi connectivity index (χ2n) is 15.8. The lowest BCUT2D eigenvalue weighted by atomic mass is 10.0. The topological polar surface area (TPSA) is 108 Å². The van der Waals surface area contributed by atoms with Gasteiger partial charge in [0.2, 0.25) is 0 Å². The van der Waals surface area contributed by atoms with Gasteiger partial charge in [0.1, 0.15) is 19.8 Å². The van der Waals surface area contributed by atoms with Crippen LogP contribution in [0.5, 0.6) is 0 Å². The van der Waals surface area contributed by atoms with Crippen LogP contribution in [-0.4, -0.2) is 74.9 Å². The summed E-state index contributed by atoms with van der Waals surface area (Å²) in [7, 11) is 1.46. The summed E-state index contributed by atoms with van der Waals surface area (Å²) in [5.41, 5.74) is 0. The second kappa shape index (κ2) is 37.5. The third kappa shape index (κ3) is 41.4. The van der Waals surface area contributed by atoms with Gasteiger partial charge in [-0.1, -0.05) is 178 Å². The number of rotatable bonds is 39. The minimum Gasteiger partial charge on any atom is -0.462 e. The van der Waals surface area contributed by atoms with E-state index in [9.17, 15) is 19.0 Å². The number of ether oxygens (including phenoxy) is 2. The average Bonchev–Trinajstić information content (AvgIpc) is 3.13. The molecule has 0 aromatic rings. The third-order valence-corrected chi connectivity index (χ3v) is 10.2. The van der Waals surface area contributed by atoms with Gasteiger partial charge in [0.15, 0.2) is 6.10 Å². The van der Waals surface area contributed by atoms with Crippen molar-refractivity contribution in [3.8, 4) is 0 Å². The highest BCUT2D eigenvalue weighted by Crippen LogP contribution is 2.43. The maximum absolute atomic E-state index is 12.7. The van der Waals surface area contributed by atoms with Crippen molar-refractivity contribution in [2.75, 3.05) is 47.5 Å². The largest absolute Gasteiger partial charge is 0.472 e. The van der Waals surface area contributed by atoms with Crippen LogP contribution in [0, 0.1) is 0 Å². The number of quaternary nitrogens is 1. The Morgan fingerprint density at radius 1 is 0.582 bits per heavy atom. The predicted octanol–water partition coefficient (Wildman–Crippen LogP) is 12.3. The molecule has 0 aromatic carbocycles. The number of phosphoric acid groups is 1. The molecule has 0 aliphatic carbocycles. The summed E-state index contributed by atoms with van der Waals surface area (Å²) in [4.78, 5) is 35.3. The molecule has 0 spiro atoms. The first-order valence-corrected chi connectivity index (χ1v) is 23.4. The Bertz CT molecular complexity index is 1080. The molecule has 9 nitrogen and oxygen atoms in total. The number of hydrogen-bond acceptors (Lipinski definition) is 7. The normalized spacial score (nSPS) is 14.1. The van der Waals surface area contributed by atoms with Crippen molar-refractivity contribution < 1.29 is 42.1 Å². The monoisotopic (exact) mass is 797 g/mol. The van der Waals surface area contributed by atoms with E-state index in [-0.39, 0.29) is 32.0 Å². The summed E-state index contributed by atoms with van der Waals surface area (Å²) in [6.07, 6.45) is 42.9. The minimum atomic E-state index is -4.38. The maximum atomic E-state index is 12.7. The molecule has 55 heavy (non-hydrogen) atoms. The van der Waals surface area contributed by atoms with Crippen molar-refractivity contribution in [3.05, 3.63) is 48.6 Å². The zero-order chi connectivity index (χ0) is 40.7. The van der Waals surface area contributed by atoms with Crippen molar-refractivity contribution in [1.29, 1.82) is 0 Å². The standard InChI is InChI=1S/C45H82NO8P/c1-6-8-10-12-14-16-18-20-22-24-26-28-30-32-34-36-38-45(48)54-43(42-53-55(49,50)52-40-39-46(3,4)5)41-51-44(47)37-35-33-31-29-27-25-23-21-19-17-15-13-11-9-7-2/h9,11,13,15,17,19,21,23,43H,6-8,10,12,14,16,18,20,22,24-42H2,1-5H3/p+1/b11-9+,15-13+,19-17+,23-21+/t43-/m1/s1. The average molecular weight is 797 g/mol. The molecule has 0 rings (SSSR count). The molecule has 0 heterocycles. The van der Waals surface area contributed by atoms with Gasteiger partial charge >= 0.3 is 19.8 Å². The van der Waals surface area contributed by atoms with E-state index in [0.717, 1.165) is 51.4 Å². The highest BCUT2D eigenvalue weighted by Gasteiger charge is 2.27. The molecule has 10 heteroatoms. The quantitative estimate of drug-likeness (QED) is 0.0215. The molecule has 320 valence electrons. The molecule has 0 bridgehead atoms. The molecule has 1 N–H and O–H groups in total. The van der Waals surface area contributed by atoms with E-state index in [4.69, 9.17) is 18.5 Å². The lowest BCUT2D eigenvalue weighted by Gasteiger charge is -2.24. The molecule has 0 radical (unpaired) electrons. The van der Waals surface area contributed by atoms with E-state index in [1.165, 1.54) is 83.5 Å². The maximum Gasteiger partial charge on any atom is 0.472 e. The van der Waals surface area contributed by atoms with Crippen molar-refractivity contribution in [3.63, 3.8) is 0 Å². The fourth-order valence-corrected chi connectivity index (χ4v) is 6.53. The van der Waals surface area contributed by atoms with Crippen LogP contribution in [0.4, 0.5) is 0 Å². The molecule has 0 aliphatic heterocycles. The van der Waals surface area contributed by atoms with Gasteiger partial charge in [0, 0.05) is 12.8 Å². The summed E-state index contributed by atoms with van der Waals surface area (Å²) >= 11 is 0. The predicted molar refractivity (Wildman–Crippen MR) is 229 cm³/mol. The molecule has 2 atom stereocenters. The minimum absolute atomic E-state index is 0.0270. The number of likely N-dealkylation sites (N-methyl/N-ethyl adjacent to an activating group) is 1. The van der Waals surface area contributed by atoms with Gasteiger partial charge in [-0.3, -0.25) is 18.6 Å². The molecule has 0 aromatic heterocycles. The highest BCUT2D eigenvalue weighted by atomic mass is 31.2. The first kappa shape index (κ1) is 53.0. The van der Waals surface area contributed by atoms with Crippen LogP contribution < -0.4 is 0 Å². The lowest BCUT2D eigenvalue weighted by molar-refractivity contribution is -0.870. The fourth-order valence-electron chi connectivity index (χ4n) is 5.79. The summed E-state index contributed by atoms with van der Waals surface area (Å²) in [6.45, 7) is 4.26. The molecule has 0 aliphatic rings. The molecular weight excluding hydrogens is 713 g/mol. The van der Waals surface area contributed by atoms with Crippen LogP contribution in [0.2, 0.25) is 0 Å². The van der Waals surface area contributed by atoms with E-state index < -0.39 is 26.5 Å². The number of esters is 2. The van der Waals surface area contributed by atoms with Gasteiger partial charge in [-0.15, -0.1) is 0 Å². The first-order valence-electron chi connectivity index (χ1n) is 21.9. The van der Waals surface area contributed by atoms with Crippen molar-refractivity contribution >= 4 is 19.8 Å². The smallest absolute Gasteiger partial charge is 0.462 e. The van der Waals surface area contributed by atoms with Crippen LogP contribution >= 0.6 is 7.82 Å². The number of hydrogen-bond donors (Lipinski definition) is 1. The van der Waals surface area contributed by atoms with Gasteiger partial charge in [-0.05, 0) is 32.1 Å². The van der Waals surface area contributed by atoms with E-state index in [2.05, 4.69) is 32.1 Å². The van der Waals surface area contributed by atoms with Crippen LogP contribution in [0.15, 0.2) is 48.6 Å². The van der Waals surface area contributed by atoms with Crippen LogP contribution in [0.3, 0.4) is 0 Å². The Labute approximate surface area is 337 Å².